The van der Waals surface area contributed by atoms with Crippen molar-refractivity contribution in [1.82, 2.24) is 20.2 Å². The second-order valence-corrected chi connectivity index (χ2v) is 5.49. The third-order valence-electron chi connectivity index (χ3n) is 3.09. The predicted octanol–water partition coefficient (Wildman–Crippen LogP) is 3.53. The Morgan fingerprint density at radius 3 is 2.43 bits per heavy atom. The Morgan fingerprint density at radius 2 is 1.76 bits per heavy atom. The van der Waals surface area contributed by atoms with E-state index in [1.807, 2.05) is 25.1 Å². The largest absolute Gasteiger partial charge is 0.399 e. The molecule has 0 aliphatic rings. The molecular weight excluding hydrogens is 309 g/mol. The average Bonchev–Trinajstić information content (AvgIpc) is 2.90. The molecule has 0 unspecified atom stereocenters. The molecule has 106 valence electrons. The zero-order chi connectivity index (χ0) is 15.0. The molecule has 0 bridgehead atoms. The molecule has 5 nitrogen and oxygen atoms in total. The molecule has 0 saturated carbocycles. The summed E-state index contributed by atoms with van der Waals surface area (Å²) in [5, 5.41) is 12.8. The zero-order valence-corrected chi connectivity index (χ0v) is 12.6. The number of rotatable bonds is 2. The Morgan fingerprint density at radius 1 is 1.05 bits per heavy atom. The SMILES string of the molecule is Cc1cc(-c2nnnn2-c2cc(Cl)cc(Cl)c2)ccc1N. The van der Waals surface area contributed by atoms with Gasteiger partial charge in [0.2, 0.25) is 0 Å². The number of nitrogen functional groups attached to an aromatic ring is 1. The summed E-state index contributed by atoms with van der Waals surface area (Å²) in [4.78, 5) is 0. The van der Waals surface area contributed by atoms with Crippen LogP contribution >= 0.6 is 23.2 Å². The van der Waals surface area contributed by atoms with Gasteiger partial charge in [-0.05, 0) is 59.3 Å². The Kier molecular flexibility index (Phi) is 3.53. The van der Waals surface area contributed by atoms with E-state index in [0.717, 1.165) is 16.8 Å². The van der Waals surface area contributed by atoms with Gasteiger partial charge in [-0.15, -0.1) is 5.10 Å². The van der Waals surface area contributed by atoms with Crippen LogP contribution in [0.4, 0.5) is 5.69 Å². The highest BCUT2D eigenvalue weighted by Crippen LogP contribution is 2.26. The minimum atomic E-state index is 0.521. The van der Waals surface area contributed by atoms with Gasteiger partial charge in [-0.1, -0.05) is 23.2 Å². The molecule has 1 heterocycles. The van der Waals surface area contributed by atoms with E-state index in [1.165, 1.54) is 0 Å². The zero-order valence-electron chi connectivity index (χ0n) is 11.1. The molecule has 21 heavy (non-hydrogen) atoms. The fourth-order valence-electron chi connectivity index (χ4n) is 2.02. The van der Waals surface area contributed by atoms with Crippen LogP contribution in [-0.4, -0.2) is 20.2 Å². The van der Waals surface area contributed by atoms with Gasteiger partial charge in [0.15, 0.2) is 5.82 Å². The number of aryl methyl sites for hydroxylation is 1. The van der Waals surface area contributed by atoms with Crippen molar-refractivity contribution in [3.63, 3.8) is 0 Å². The fraction of sp³-hybridized carbons (Fsp3) is 0.0714. The van der Waals surface area contributed by atoms with Crippen LogP contribution in [0.5, 0.6) is 0 Å². The van der Waals surface area contributed by atoms with Crippen molar-refractivity contribution >= 4 is 28.9 Å². The van der Waals surface area contributed by atoms with E-state index in [9.17, 15) is 0 Å². The molecule has 3 aromatic rings. The molecule has 2 N–H and O–H groups in total. The molecular formula is C14H11Cl2N5. The number of nitrogens with two attached hydrogens (primary N) is 1. The van der Waals surface area contributed by atoms with Crippen LogP contribution in [0.25, 0.3) is 17.1 Å². The quantitative estimate of drug-likeness (QED) is 0.733. The predicted molar refractivity (Wildman–Crippen MR) is 83.8 cm³/mol. The lowest BCUT2D eigenvalue weighted by atomic mass is 10.1. The number of aromatic nitrogens is 4. The average molecular weight is 320 g/mol. The molecule has 0 saturated heterocycles. The number of tetrazole rings is 1. The van der Waals surface area contributed by atoms with E-state index in [4.69, 9.17) is 28.9 Å². The summed E-state index contributed by atoms with van der Waals surface area (Å²) >= 11 is 12.1. The fourth-order valence-corrected chi connectivity index (χ4v) is 2.53. The number of anilines is 1. The van der Waals surface area contributed by atoms with Gasteiger partial charge in [-0.3, -0.25) is 0 Å². The van der Waals surface area contributed by atoms with Crippen molar-refractivity contribution < 1.29 is 0 Å². The van der Waals surface area contributed by atoms with Gasteiger partial charge in [0.05, 0.1) is 5.69 Å². The molecule has 0 atom stereocenters. The molecule has 0 amide bonds. The highest BCUT2D eigenvalue weighted by molar-refractivity contribution is 6.34. The van der Waals surface area contributed by atoms with Gasteiger partial charge in [-0.2, -0.15) is 4.68 Å². The van der Waals surface area contributed by atoms with Crippen molar-refractivity contribution in [2.24, 2.45) is 0 Å². The van der Waals surface area contributed by atoms with Crippen LogP contribution in [-0.2, 0) is 0 Å². The smallest absolute Gasteiger partial charge is 0.187 e. The van der Waals surface area contributed by atoms with Gasteiger partial charge in [0.25, 0.3) is 0 Å². The van der Waals surface area contributed by atoms with E-state index in [0.29, 0.717) is 21.6 Å². The highest BCUT2D eigenvalue weighted by Gasteiger charge is 2.12. The maximum Gasteiger partial charge on any atom is 0.187 e. The number of hydrogen-bond acceptors (Lipinski definition) is 4. The summed E-state index contributed by atoms with van der Waals surface area (Å²) in [6.45, 7) is 1.93. The minimum Gasteiger partial charge on any atom is -0.399 e. The number of nitrogens with zero attached hydrogens (tertiary/aromatic N) is 4. The van der Waals surface area contributed by atoms with Crippen molar-refractivity contribution in [3.8, 4) is 17.1 Å². The topological polar surface area (TPSA) is 69.6 Å². The maximum atomic E-state index is 6.03. The third-order valence-corrected chi connectivity index (χ3v) is 3.53. The maximum absolute atomic E-state index is 6.03. The lowest BCUT2D eigenvalue weighted by Crippen LogP contribution is -2.00. The molecule has 0 spiro atoms. The summed E-state index contributed by atoms with van der Waals surface area (Å²) in [5.41, 5.74) is 9.09. The third kappa shape index (κ3) is 2.70. The summed E-state index contributed by atoms with van der Waals surface area (Å²) in [6, 6.07) is 10.8. The Hall–Kier alpha value is -2.11. The van der Waals surface area contributed by atoms with Crippen molar-refractivity contribution in [1.29, 1.82) is 0 Å². The second kappa shape index (κ2) is 5.35. The summed E-state index contributed by atoms with van der Waals surface area (Å²) in [7, 11) is 0. The van der Waals surface area contributed by atoms with Gasteiger partial charge in [-0.25, -0.2) is 0 Å². The Bertz CT molecular complexity index is 793. The number of hydrogen-bond donors (Lipinski definition) is 1. The molecule has 0 fully saturated rings. The molecule has 0 aliphatic heterocycles. The first-order valence-corrected chi connectivity index (χ1v) is 6.91. The first-order valence-electron chi connectivity index (χ1n) is 6.16. The van der Waals surface area contributed by atoms with Crippen molar-refractivity contribution in [2.75, 3.05) is 5.73 Å². The van der Waals surface area contributed by atoms with Crippen LogP contribution in [0.2, 0.25) is 10.0 Å². The molecule has 2 aromatic carbocycles. The van der Waals surface area contributed by atoms with Crippen molar-refractivity contribution in [3.05, 3.63) is 52.0 Å². The number of halogens is 2. The van der Waals surface area contributed by atoms with Gasteiger partial charge in [0.1, 0.15) is 0 Å². The van der Waals surface area contributed by atoms with Crippen LogP contribution in [0, 0.1) is 6.92 Å². The summed E-state index contributed by atoms with van der Waals surface area (Å²) < 4.78 is 1.59. The van der Waals surface area contributed by atoms with Gasteiger partial charge >= 0.3 is 0 Å². The minimum absolute atomic E-state index is 0.521. The summed E-state index contributed by atoms with van der Waals surface area (Å²) in [6.07, 6.45) is 0. The molecule has 1 aromatic heterocycles. The Balaban J connectivity index is 2.14. The van der Waals surface area contributed by atoms with E-state index in [1.54, 1.807) is 22.9 Å². The molecule has 3 rings (SSSR count). The Labute approximate surface area is 131 Å². The standard InChI is InChI=1S/C14H11Cl2N5/c1-8-4-9(2-3-13(8)17)14-18-19-20-21(14)12-6-10(15)5-11(16)7-12/h2-7H,17H2,1H3. The summed E-state index contributed by atoms with van der Waals surface area (Å²) in [5.74, 6) is 0.594. The lowest BCUT2D eigenvalue weighted by molar-refractivity contribution is 0.791. The van der Waals surface area contributed by atoms with Crippen LogP contribution < -0.4 is 5.73 Å². The second-order valence-electron chi connectivity index (χ2n) is 4.61. The highest BCUT2D eigenvalue weighted by atomic mass is 35.5. The normalized spacial score (nSPS) is 10.8. The van der Waals surface area contributed by atoms with E-state index < -0.39 is 0 Å². The van der Waals surface area contributed by atoms with E-state index in [-0.39, 0.29) is 0 Å². The first-order chi connectivity index (χ1) is 10.0. The van der Waals surface area contributed by atoms with Crippen molar-refractivity contribution in [2.45, 2.75) is 6.92 Å². The monoisotopic (exact) mass is 319 g/mol. The van der Waals surface area contributed by atoms with E-state index in [2.05, 4.69) is 15.5 Å². The van der Waals surface area contributed by atoms with Crippen LogP contribution in [0.15, 0.2) is 36.4 Å². The molecule has 7 heteroatoms. The first kappa shape index (κ1) is 13.9. The number of benzene rings is 2. The molecule has 0 radical (unpaired) electrons. The van der Waals surface area contributed by atoms with Crippen LogP contribution in [0.3, 0.4) is 0 Å². The van der Waals surface area contributed by atoms with E-state index >= 15 is 0 Å². The lowest BCUT2D eigenvalue weighted by Gasteiger charge is -2.07. The van der Waals surface area contributed by atoms with Gasteiger partial charge in [0, 0.05) is 21.3 Å². The van der Waals surface area contributed by atoms with Crippen LogP contribution in [0.1, 0.15) is 5.56 Å². The molecule has 0 aliphatic carbocycles. The van der Waals surface area contributed by atoms with Gasteiger partial charge < -0.3 is 5.73 Å².